The number of allylic oxidation sites excluding steroid dienone is 1. The summed E-state index contributed by atoms with van der Waals surface area (Å²) in [6.07, 6.45) is 4.55. The Morgan fingerprint density at radius 1 is 1.12 bits per heavy atom. The minimum Gasteiger partial charge on any atom is -0.476 e. The Morgan fingerprint density at radius 3 is 2.50 bits per heavy atom. The summed E-state index contributed by atoms with van der Waals surface area (Å²) in [5.74, 6) is -0.879. The van der Waals surface area contributed by atoms with E-state index in [1.165, 1.54) is 0 Å². The summed E-state index contributed by atoms with van der Waals surface area (Å²) in [6.45, 7) is 4.07. The highest BCUT2D eigenvalue weighted by molar-refractivity contribution is 6.44. The third-order valence-corrected chi connectivity index (χ3v) is 4.74. The predicted molar refractivity (Wildman–Crippen MR) is 89.6 cm³/mol. The van der Waals surface area contributed by atoms with Crippen LogP contribution in [0.3, 0.4) is 0 Å². The van der Waals surface area contributed by atoms with E-state index in [4.69, 9.17) is 9.47 Å². The maximum absolute atomic E-state index is 13.2. The van der Waals surface area contributed by atoms with Crippen LogP contribution in [0.5, 0.6) is 0 Å². The van der Waals surface area contributed by atoms with Gasteiger partial charge in [0.15, 0.2) is 5.41 Å². The number of rotatable bonds is 4. The van der Waals surface area contributed by atoms with Gasteiger partial charge in [-0.25, -0.2) is 4.99 Å². The van der Waals surface area contributed by atoms with Crippen LogP contribution in [0, 0.1) is 5.41 Å². The van der Waals surface area contributed by atoms with Crippen molar-refractivity contribution in [3.63, 3.8) is 0 Å². The van der Waals surface area contributed by atoms with Crippen molar-refractivity contribution < 1.29 is 19.1 Å². The highest BCUT2D eigenvalue weighted by Crippen LogP contribution is 2.56. The smallest absolute Gasteiger partial charge is 0.323 e. The highest BCUT2D eigenvalue weighted by atomic mass is 16.5. The summed E-state index contributed by atoms with van der Waals surface area (Å²) < 4.78 is 10.8. The number of ketones is 1. The SMILES string of the molecule is CCOC(=O)[C@]12CC=CC[C@@]1(c1ccccc1)N=C(OCC)C2=O. The van der Waals surface area contributed by atoms with Crippen LogP contribution in [0.1, 0.15) is 32.3 Å². The number of hydrogen-bond donors (Lipinski definition) is 0. The number of esters is 1. The fraction of sp³-hybridized carbons (Fsp3) is 0.421. The number of benzene rings is 1. The fourth-order valence-electron chi connectivity index (χ4n) is 3.66. The number of ether oxygens (including phenoxy) is 2. The molecule has 5 heteroatoms. The van der Waals surface area contributed by atoms with Gasteiger partial charge in [0.05, 0.1) is 13.2 Å². The number of fused-ring (bicyclic) bond motifs is 1. The number of Topliss-reactive ketones (excluding diaryl/α,β-unsaturated/α-hetero) is 1. The van der Waals surface area contributed by atoms with Crippen molar-refractivity contribution in [3.8, 4) is 0 Å². The Morgan fingerprint density at radius 2 is 1.83 bits per heavy atom. The topological polar surface area (TPSA) is 65.0 Å². The minimum atomic E-state index is -1.39. The van der Waals surface area contributed by atoms with Gasteiger partial charge in [-0.05, 0) is 32.3 Å². The largest absolute Gasteiger partial charge is 0.476 e. The normalized spacial score (nSPS) is 28.2. The van der Waals surface area contributed by atoms with Crippen LogP contribution in [-0.2, 0) is 24.6 Å². The molecule has 0 radical (unpaired) electrons. The third-order valence-electron chi connectivity index (χ3n) is 4.74. The lowest BCUT2D eigenvalue weighted by Gasteiger charge is -2.42. The van der Waals surface area contributed by atoms with Crippen molar-refractivity contribution >= 4 is 17.7 Å². The van der Waals surface area contributed by atoms with Gasteiger partial charge in [-0.3, -0.25) is 9.59 Å². The summed E-state index contributed by atoms with van der Waals surface area (Å²) in [7, 11) is 0. The highest BCUT2D eigenvalue weighted by Gasteiger charge is 2.68. The quantitative estimate of drug-likeness (QED) is 0.484. The van der Waals surface area contributed by atoms with E-state index in [2.05, 4.69) is 4.99 Å². The van der Waals surface area contributed by atoms with Gasteiger partial charge in [0.25, 0.3) is 5.90 Å². The van der Waals surface area contributed by atoms with Crippen LogP contribution in [0.25, 0.3) is 0 Å². The molecular formula is C19H21NO4. The van der Waals surface area contributed by atoms with E-state index in [1.54, 1.807) is 13.8 Å². The van der Waals surface area contributed by atoms with Gasteiger partial charge in [0.1, 0.15) is 5.54 Å². The molecule has 1 aliphatic heterocycles. The van der Waals surface area contributed by atoms with Gasteiger partial charge in [0, 0.05) is 0 Å². The van der Waals surface area contributed by atoms with Crippen molar-refractivity contribution in [1.29, 1.82) is 0 Å². The van der Waals surface area contributed by atoms with Crippen LogP contribution in [0.2, 0.25) is 0 Å². The molecule has 1 aliphatic carbocycles. The van der Waals surface area contributed by atoms with Crippen LogP contribution in [0.15, 0.2) is 47.5 Å². The van der Waals surface area contributed by atoms with E-state index >= 15 is 0 Å². The first-order chi connectivity index (χ1) is 11.6. The molecule has 0 fully saturated rings. The Kier molecular flexibility index (Phi) is 4.26. The van der Waals surface area contributed by atoms with Crippen molar-refractivity contribution in [2.24, 2.45) is 10.4 Å². The zero-order valence-electron chi connectivity index (χ0n) is 14.0. The van der Waals surface area contributed by atoms with E-state index in [0.29, 0.717) is 13.0 Å². The molecule has 24 heavy (non-hydrogen) atoms. The summed E-state index contributed by atoms with van der Waals surface area (Å²) in [5.41, 5.74) is -1.56. The molecule has 5 nitrogen and oxygen atoms in total. The lowest BCUT2D eigenvalue weighted by Crippen LogP contribution is -2.54. The Bertz CT molecular complexity index is 709. The molecular weight excluding hydrogens is 306 g/mol. The lowest BCUT2D eigenvalue weighted by atomic mass is 9.60. The summed E-state index contributed by atoms with van der Waals surface area (Å²) >= 11 is 0. The minimum absolute atomic E-state index is 0.0260. The maximum atomic E-state index is 13.2. The second-order valence-corrected chi connectivity index (χ2v) is 5.91. The number of aliphatic imine (C=N–C) groups is 1. The van der Waals surface area contributed by atoms with Crippen molar-refractivity contribution in [3.05, 3.63) is 48.0 Å². The molecule has 0 saturated heterocycles. The van der Waals surface area contributed by atoms with Crippen LogP contribution >= 0.6 is 0 Å². The van der Waals surface area contributed by atoms with Gasteiger partial charge in [-0.2, -0.15) is 0 Å². The lowest BCUT2D eigenvalue weighted by molar-refractivity contribution is -0.163. The molecule has 126 valence electrons. The molecule has 0 N–H and O–H groups in total. The van der Waals surface area contributed by atoms with Crippen molar-refractivity contribution in [1.82, 2.24) is 0 Å². The van der Waals surface area contributed by atoms with Crippen molar-refractivity contribution in [2.75, 3.05) is 13.2 Å². The molecule has 0 unspecified atom stereocenters. The van der Waals surface area contributed by atoms with E-state index in [-0.39, 0.29) is 24.7 Å². The van der Waals surface area contributed by atoms with Crippen LogP contribution < -0.4 is 0 Å². The second kappa shape index (κ2) is 6.23. The first kappa shape index (κ1) is 16.4. The molecule has 0 spiro atoms. The first-order valence-electron chi connectivity index (χ1n) is 8.27. The van der Waals surface area contributed by atoms with Crippen LogP contribution in [0.4, 0.5) is 0 Å². The number of nitrogens with zero attached hydrogens (tertiary/aromatic N) is 1. The molecule has 0 aromatic heterocycles. The summed E-state index contributed by atoms with van der Waals surface area (Å²) in [4.78, 5) is 30.7. The number of carbonyl (C=O) groups excluding carboxylic acids is 2. The van der Waals surface area contributed by atoms with E-state index in [0.717, 1.165) is 5.56 Å². The van der Waals surface area contributed by atoms with Crippen molar-refractivity contribution in [2.45, 2.75) is 32.2 Å². The zero-order chi connectivity index (χ0) is 17.2. The Balaban J connectivity index is 2.24. The number of carbonyl (C=O) groups is 2. The molecule has 2 atom stereocenters. The third kappa shape index (κ3) is 2.11. The molecule has 1 aromatic carbocycles. The summed E-state index contributed by atoms with van der Waals surface area (Å²) in [6, 6.07) is 9.47. The van der Waals surface area contributed by atoms with E-state index in [9.17, 15) is 9.59 Å². The fourth-order valence-corrected chi connectivity index (χ4v) is 3.66. The molecule has 1 aromatic rings. The zero-order valence-corrected chi connectivity index (χ0v) is 14.0. The number of hydrogen-bond acceptors (Lipinski definition) is 5. The average molecular weight is 327 g/mol. The van der Waals surface area contributed by atoms with Gasteiger partial charge in [-0.15, -0.1) is 0 Å². The predicted octanol–water partition coefficient (Wildman–Crippen LogP) is 2.80. The van der Waals surface area contributed by atoms with Gasteiger partial charge >= 0.3 is 5.97 Å². The van der Waals surface area contributed by atoms with Crippen LogP contribution in [-0.4, -0.2) is 30.9 Å². The standard InChI is InChI=1S/C19H21NO4/c1-3-23-16-15(21)18(17(22)24-4-2)12-8-9-13-19(18,20-16)14-10-6-5-7-11-14/h5-11H,3-4,12-13H2,1-2H3/t18-,19+/m1/s1. The first-order valence-corrected chi connectivity index (χ1v) is 8.27. The van der Waals surface area contributed by atoms with Gasteiger partial charge in [0.2, 0.25) is 5.78 Å². The molecule has 0 bridgehead atoms. The van der Waals surface area contributed by atoms with Gasteiger partial charge in [-0.1, -0.05) is 42.5 Å². The molecule has 3 rings (SSSR count). The molecule has 1 heterocycles. The van der Waals surface area contributed by atoms with Gasteiger partial charge < -0.3 is 9.47 Å². The maximum Gasteiger partial charge on any atom is 0.323 e. The second-order valence-electron chi connectivity index (χ2n) is 5.91. The van der Waals surface area contributed by atoms with E-state index < -0.39 is 16.9 Å². The molecule has 0 saturated carbocycles. The summed E-state index contributed by atoms with van der Waals surface area (Å²) in [5, 5.41) is 0. The Hall–Kier alpha value is -2.43. The monoisotopic (exact) mass is 327 g/mol. The molecule has 2 aliphatic rings. The van der Waals surface area contributed by atoms with E-state index in [1.807, 2.05) is 42.5 Å². The molecule has 0 amide bonds. The average Bonchev–Trinajstić information content (AvgIpc) is 2.87. The Labute approximate surface area is 141 Å².